The van der Waals surface area contributed by atoms with Gasteiger partial charge in [0.1, 0.15) is 6.10 Å². The number of hydrogen-bond donors (Lipinski definition) is 3. The summed E-state index contributed by atoms with van der Waals surface area (Å²) in [4.78, 5) is 22.8. The van der Waals surface area contributed by atoms with Crippen LogP contribution in [0.1, 0.15) is 18.4 Å². The molecule has 2 atom stereocenters. The summed E-state index contributed by atoms with van der Waals surface area (Å²) >= 11 is 0. The van der Waals surface area contributed by atoms with Crippen molar-refractivity contribution in [3.8, 4) is 0 Å². The summed E-state index contributed by atoms with van der Waals surface area (Å²) in [5.74, 6) is -0.544. The highest BCUT2D eigenvalue weighted by molar-refractivity contribution is 5.94. The van der Waals surface area contributed by atoms with Crippen molar-refractivity contribution in [2.75, 3.05) is 11.9 Å². The van der Waals surface area contributed by atoms with Crippen LogP contribution in [0.25, 0.3) is 0 Å². The van der Waals surface area contributed by atoms with E-state index in [1.807, 2.05) is 0 Å². The summed E-state index contributed by atoms with van der Waals surface area (Å²) < 4.78 is 5.52. The predicted molar refractivity (Wildman–Crippen MR) is 82.2 cm³/mol. The number of carbonyl (C=O) groups excluding carboxylic acids is 2. The summed E-state index contributed by atoms with van der Waals surface area (Å²) in [7, 11) is 0. The first kappa shape index (κ1) is 17.4. The monoisotopic (exact) mass is 313 g/mol. The molecule has 5 N–H and O–H groups in total. The zero-order valence-corrected chi connectivity index (χ0v) is 12.4. The van der Waals surface area contributed by atoms with Gasteiger partial charge in [-0.2, -0.15) is 0 Å². The number of carbonyl (C=O) groups is 2. The zero-order valence-electron chi connectivity index (χ0n) is 11.6. The first-order valence-corrected chi connectivity index (χ1v) is 6.62. The lowest BCUT2D eigenvalue weighted by molar-refractivity contribution is -0.126. The molecular formula is C14H20ClN3O3. The van der Waals surface area contributed by atoms with E-state index in [9.17, 15) is 9.59 Å². The molecule has 0 spiro atoms. The molecule has 1 aromatic rings. The maximum Gasteiger partial charge on any atom is 0.253 e. The molecule has 0 saturated carbocycles. The fourth-order valence-electron chi connectivity index (χ4n) is 2.20. The predicted octanol–water partition coefficient (Wildman–Crippen LogP) is 0.581. The number of amides is 2. The molecule has 0 radical (unpaired) electrons. The summed E-state index contributed by atoms with van der Waals surface area (Å²) in [6.07, 6.45) is 1.23. The van der Waals surface area contributed by atoms with Gasteiger partial charge in [0.25, 0.3) is 5.91 Å². The van der Waals surface area contributed by atoms with E-state index in [-0.39, 0.29) is 36.7 Å². The fourth-order valence-corrected chi connectivity index (χ4v) is 2.20. The van der Waals surface area contributed by atoms with Gasteiger partial charge in [-0.1, -0.05) is 12.1 Å². The minimum Gasteiger partial charge on any atom is -0.369 e. The van der Waals surface area contributed by atoms with E-state index in [0.29, 0.717) is 18.7 Å². The van der Waals surface area contributed by atoms with E-state index < -0.39 is 6.10 Å². The Hall–Kier alpha value is -1.63. The topological polar surface area (TPSA) is 107 Å². The molecule has 0 unspecified atom stereocenters. The van der Waals surface area contributed by atoms with Gasteiger partial charge >= 0.3 is 0 Å². The van der Waals surface area contributed by atoms with Gasteiger partial charge in [0.2, 0.25) is 5.91 Å². The fraction of sp³-hybridized carbons (Fsp3) is 0.429. The van der Waals surface area contributed by atoms with Crippen LogP contribution in [-0.2, 0) is 20.7 Å². The van der Waals surface area contributed by atoms with E-state index in [1.54, 1.807) is 24.3 Å². The summed E-state index contributed by atoms with van der Waals surface area (Å²) in [6.45, 7) is 0.436. The standard InChI is InChI=1S/C14H19N3O3.ClH/c15-8-11-5-6-12(20-11)14(19)17-10-3-1-9(2-4-10)7-13(16)18;/h1-4,11-12H,5-8,15H2,(H2,16,18)(H,17,19);1H/t11-,12+;/m1./s1. The molecule has 6 nitrogen and oxygen atoms in total. The molecule has 0 aromatic heterocycles. The second-order valence-electron chi connectivity index (χ2n) is 4.89. The number of halogens is 1. The number of nitrogens with two attached hydrogens (primary N) is 2. The summed E-state index contributed by atoms with van der Waals surface area (Å²) in [5.41, 5.74) is 12.1. The van der Waals surface area contributed by atoms with Gasteiger partial charge in [-0.05, 0) is 30.5 Å². The van der Waals surface area contributed by atoms with E-state index in [0.717, 1.165) is 12.0 Å². The van der Waals surface area contributed by atoms with Gasteiger partial charge in [0, 0.05) is 12.2 Å². The largest absolute Gasteiger partial charge is 0.369 e. The van der Waals surface area contributed by atoms with Crippen molar-refractivity contribution in [2.24, 2.45) is 11.5 Å². The van der Waals surface area contributed by atoms with E-state index in [1.165, 1.54) is 0 Å². The normalized spacial score (nSPS) is 20.6. The number of anilines is 1. The molecule has 116 valence electrons. The SMILES string of the molecule is Cl.NC[C@H]1CC[C@@H](C(=O)Nc2ccc(CC(N)=O)cc2)O1. The molecule has 0 bridgehead atoms. The van der Waals surface area contributed by atoms with Gasteiger partial charge in [-0.25, -0.2) is 0 Å². The van der Waals surface area contributed by atoms with Crippen molar-refractivity contribution >= 4 is 29.9 Å². The first-order valence-electron chi connectivity index (χ1n) is 6.62. The van der Waals surface area contributed by atoms with Gasteiger partial charge in [0.05, 0.1) is 12.5 Å². The molecule has 7 heteroatoms. The second-order valence-corrected chi connectivity index (χ2v) is 4.89. The van der Waals surface area contributed by atoms with E-state index >= 15 is 0 Å². The number of benzene rings is 1. The summed E-state index contributed by atoms with van der Waals surface area (Å²) in [6, 6.07) is 7.01. The Morgan fingerprint density at radius 1 is 1.24 bits per heavy atom. The van der Waals surface area contributed by atoms with E-state index in [2.05, 4.69) is 5.32 Å². The third kappa shape index (κ3) is 5.00. The number of nitrogens with one attached hydrogen (secondary N) is 1. The number of ether oxygens (including phenoxy) is 1. The average Bonchev–Trinajstić information content (AvgIpc) is 2.89. The van der Waals surface area contributed by atoms with Crippen molar-refractivity contribution in [3.63, 3.8) is 0 Å². The van der Waals surface area contributed by atoms with Gasteiger partial charge in [-0.3, -0.25) is 9.59 Å². The van der Waals surface area contributed by atoms with Gasteiger partial charge in [-0.15, -0.1) is 12.4 Å². The maximum atomic E-state index is 12.0. The Morgan fingerprint density at radius 2 is 1.90 bits per heavy atom. The highest BCUT2D eigenvalue weighted by atomic mass is 35.5. The highest BCUT2D eigenvalue weighted by Crippen LogP contribution is 2.20. The highest BCUT2D eigenvalue weighted by Gasteiger charge is 2.29. The van der Waals surface area contributed by atoms with Crippen molar-refractivity contribution in [1.29, 1.82) is 0 Å². The van der Waals surface area contributed by atoms with Crippen molar-refractivity contribution in [2.45, 2.75) is 31.5 Å². The molecule has 1 aromatic carbocycles. The van der Waals surface area contributed by atoms with Crippen LogP contribution in [0.3, 0.4) is 0 Å². The van der Waals surface area contributed by atoms with Crippen LogP contribution in [0.5, 0.6) is 0 Å². The molecular weight excluding hydrogens is 294 g/mol. The molecule has 2 amide bonds. The van der Waals surface area contributed by atoms with Crippen LogP contribution in [0.4, 0.5) is 5.69 Å². The lowest BCUT2D eigenvalue weighted by Gasteiger charge is -2.12. The molecule has 1 aliphatic heterocycles. The van der Waals surface area contributed by atoms with E-state index in [4.69, 9.17) is 16.2 Å². The van der Waals surface area contributed by atoms with Crippen LogP contribution in [0.15, 0.2) is 24.3 Å². The minimum absolute atomic E-state index is 0. The van der Waals surface area contributed by atoms with Crippen LogP contribution >= 0.6 is 12.4 Å². The zero-order chi connectivity index (χ0) is 14.5. The Bertz CT molecular complexity index is 493. The van der Waals surface area contributed by atoms with Crippen LogP contribution in [0, 0.1) is 0 Å². The molecule has 1 aliphatic rings. The number of hydrogen-bond acceptors (Lipinski definition) is 4. The quantitative estimate of drug-likeness (QED) is 0.739. The van der Waals surface area contributed by atoms with Gasteiger partial charge < -0.3 is 21.5 Å². The molecule has 0 aliphatic carbocycles. The molecule has 1 heterocycles. The van der Waals surface area contributed by atoms with Crippen LogP contribution in [0.2, 0.25) is 0 Å². The Labute approximate surface area is 129 Å². The number of primary amides is 1. The molecule has 2 rings (SSSR count). The van der Waals surface area contributed by atoms with Crippen molar-refractivity contribution in [1.82, 2.24) is 0 Å². The Kier molecular flexibility index (Phi) is 6.61. The molecule has 1 fully saturated rings. The molecule has 1 saturated heterocycles. The van der Waals surface area contributed by atoms with Crippen molar-refractivity contribution < 1.29 is 14.3 Å². The average molecular weight is 314 g/mol. The first-order chi connectivity index (χ1) is 9.58. The van der Waals surface area contributed by atoms with Gasteiger partial charge in [0.15, 0.2) is 0 Å². The Balaban J connectivity index is 0.00000220. The minimum atomic E-state index is -0.436. The lowest BCUT2D eigenvalue weighted by Crippen LogP contribution is -2.29. The third-order valence-corrected chi connectivity index (χ3v) is 3.26. The maximum absolute atomic E-state index is 12.0. The van der Waals surface area contributed by atoms with Crippen LogP contribution in [-0.4, -0.2) is 30.6 Å². The smallest absolute Gasteiger partial charge is 0.253 e. The third-order valence-electron chi connectivity index (χ3n) is 3.26. The van der Waals surface area contributed by atoms with Crippen molar-refractivity contribution in [3.05, 3.63) is 29.8 Å². The lowest BCUT2D eigenvalue weighted by atomic mass is 10.1. The van der Waals surface area contributed by atoms with Crippen LogP contribution < -0.4 is 16.8 Å². The second kappa shape index (κ2) is 7.97. The summed E-state index contributed by atoms with van der Waals surface area (Å²) in [5, 5.41) is 2.79. The Morgan fingerprint density at radius 3 is 2.43 bits per heavy atom. The molecule has 21 heavy (non-hydrogen) atoms. The number of rotatable bonds is 5.